The summed E-state index contributed by atoms with van der Waals surface area (Å²) in [5.41, 5.74) is 8.42. The summed E-state index contributed by atoms with van der Waals surface area (Å²) in [6.07, 6.45) is 4.45. The van der Waals surface area contributed by atoms with Gasteiger partial charge in [-0.25, -0.2) is 0 Å². The summed E-state index contributed by atoms with van der Waals surface area (Å²) >= 11 is 0. The molecule has 2 rings (SSSR count). The van der Waals surface area contributed by atoms with Crippen molar-refractivity contribution in [1.29, 1.82) is 0 Å². The molecule has 0 bridgehead atoms. The van der Waals surface area contributed by atoms with Crippen LogP contribution in [0.4, 0.5) is 0 Å². The fraction of sp³-hybridized carbons (Fsp3) is 0.769. The van der Waals surface area contributed by atoms with Gasteiger partial charge in [-0.1, -0.05) is 0 Å². The maximum atomic E-state index is 5.89. The minimum Gasteiger partial charge on any atom is -0.381 e. The number of rotatable bonds is 4. The number of methoxy groups -OCH3 is 1. The van der Waals surface area contributed by atoms with Crippen molar-refractivity contribution in [3.8, 4) is 0 Å². The van der Waals surface area contributed by atoms with E-state index < -0.39 is 0 Å². The van der Waals surface area contributed by atoms with Crippen molar-refractivity contribution in [2.45, 2.75) is 38.5 Å². The zero-order valence-electron chi connectivity index (χ0n) is 12.0. The third-order valence-corrected chi connectivity index (χ3v) is 4.11. The molecule has 5 nitrogen and oxygen atoms in total. The van der Waals surface area contributed by atoms with E-state index in [2.05, 4.69) is 16.9 Å². The van der Waals surface area contributed by atoms with Gasteiger partial charge in [-0.3, -0.25) is 9.58 Å². The van der Waals surface area contributed by atoms with Crippen LogP contribution in [0.1, 0.15) is 24.1 Å². The monoisotopic (exact) mass is 288 g/mol. The number of halogens is 1. The van der Waals surface area contributed by atoms with Gasteiger partial charge in [0.15, 0.2) is 0 Å². The molecular weight excluding hydrogens is 264 g/mol. The maximum Gasteiger partial charge on any atom is 0.0599 e. The maximum absolute atomic E-state index is 5.89. The summed E-state index contributed by atoms with van der Waals surface area (Å²) in [7, 11) is 3.77. The second-order valence-corrected chi connectivity index (χ2v) is 5.12. The van der Waals surface area contributed by atoms with Crippen LogP contribution in [0.15, 0.2) is 6.20 Å². The number of piperidine rings is 1. The van der Waals surface area contributed by atoms with Crippen LogP contribution in [0.5, 0.6) is 0 Å². The molecule has 6 heteroatoms. The highest BCUT2D eigenvalue weighted by atomic mass is 35.5. The summed E-state index contributed by atoms with van der Waals surface area (Å²) in [6.45, 7) is 4.80. The van der Waals surface area contributed by atoms with Gasteiger partial charge in [-0.15, -0.1) is 12.4 Å². The predicted octanol–water partition coefficient (Wildman–Crippen LogP) is 1.09. The molecule has 110 valence electrons. The van der Waals surface area contributed by atoms with Gasteiger partial charge >= 0.3 is 0 Å². The van der Waals surface area contributed by atoms with Gasteiger partial charge in [0.25, 0.3) is 0 Å². The zero-order chi connectivity index (χ0) is 13.1. The normalized spacial score (nSPS) is 24.2. The summed E-state index contributed by atoms with van der Waals surface area (Å²) in [5.74, 6) is 0. The molecule has 2 atom stereocenters. The molecule has 2 heterocycles. The van der Waals surface area contributed by atoms with Gasteiger partial charge in [-0.2, -0.15) is 5.10 Å². The Hall–Kier alpha value is -0.620. The number of hydrogen-bond acceptors (Lipinski definition) is 4. The first-order chi connectivity index (χ1) is 8.65. The fourth-order valence-electron chi connectivity index (χ4n) is 2.65. The second-order valence-electron chi connectivity index (χ2n) is 5.12. The van der Waals surface area contributed by atoms with Crippen LogP contribution in [0.3, 0.4) is 0 Å². The van der Waals surface area contributed by atoms with Crippen molar-refractivity contribution in [1.82, 2.24) is 14.7 Å². The lowest BCUT2D eigenvalue weighted by Gasteiger charge is -2.38. The van der Waals surface area contributed by atoms with Crippen LogP contribution >= 0.6 is 12.4 Å². The average Bonchev–Trinajstić information content (AvgIpc) is 2.71. The van der Waals surface area contributed by atoms with Crippen LogP contribution in [0, 0.1) is 6.92 Å². The number of likely N-dealkylation sites (tertiary alicyclic amines) is 1. The summed E-state index contributed by atoms with van der Waals surface area (Å²) < 4.78 is 7.38. The molecule has 1 aromatic heterocycles. The third-order valence-electron chi connectivity index (χ3n) is 4.11. The fourth-order valence-corrected chi connectivity index (χ4v) is 2.65. The Bertz CT molecular complexity index is 396. The SMILES string of the molecule is COC1CCN(Cc2cnn(C)c2C)C(CN)C1.Cl. The lowest BCUT2D eigenvalue weighted by atomic mass is 9.98. The van der Waals surface area contributed by atoms with Gasteiger partial charge in [-0.05, 0) is 19.8 Å². The van der Waals surface area contributed by atoms with Crippen LogP contribution < -0.4 is 5.73 Å². The molecule has 1 aromatic rings. The Morgan fingerprint density at radius 3 is 2.79 bits per heavy atom. The number of nitrogens with two attached hydrogens (primary N) is 1. The lowest BCUT2D eigenvalue weighted by Crippen LogP contribution is -2.48. The van der Waals surface area contributed by atoms with Crippen molar-refractivity contribution in [2.24, 2.45) is 12.8 Å². The Balaban J connectivity index is 0.00000180. The molecule has 2 unspecified atom stereocenters. The van der Waals surface area contributed by atoms with Gasteiger partial charge < -0.3 is 10.5 Å². The topological polar surface area (TPSA) is 56.3 Å². The highest BCUT2D eigenvalue weighted by Gasteiger charge is 2.27. The molecule has 19 heavy (non-hydrogen) atoms. The molecule has 2 N–H and O–H groups in total. The number of ether oxygens (including phenoxy) is 1. The first-order valence-electron chi connectivity index (χ1n) is 6.60. The van der Waals surface area contributed by atoms with Gasteiger partial charge in [0.2, 0.25) is 0 Å². The number of nitrogens with zero attached hydrogens (tertiary/aromatic N) is 3. The van der Waals surface area contributed by atoms with E-state index in [-0.39, 0.29) is 12.4 Å². The minimum absolute atomic E-state index is 0. The molecule has 0 spiro atoms. The Kier molecular flexibility index (Phi) is 6.26. The van der Waals surface area contributed by atoms with Gasteiger partial charge in [0.1, 0.15) is 0 Å². The van der Waals surface area contributed by atoms with Crippen LogP contribution in [-0.2, 0) is 18.3 Å². The summed E-state index contributed by atoms with van der Waals surface area (Å²) in [5, 5.41) is 4.30. The van der Waals surface area contributed by atoms with E-state index >= 15 is 0 Å². The van der Waals surface area contributed by atoms with E-state index in [0.717, 1.165) is 25.9 Å². The van der Waals surface area contributed by atoms with E-state index in [9.17, 15) is 0 Å². The molecule has 0 amide bonds. The van der Waals surface area contributed by atoms with Crippen molar-refractivity contribution in [2.75, 3.05) is 20.2 Å². The molecule has 0 aliphatic carbocycles. The van der Waals surface area contributed by atoms with Crippen LogP contribution in [-0.4, -0.2) is 47.0 Å². The van der Waals surface area contributed by atoms with Crippen molar-refractivity contribution in [3.63, 3.8) is 0 Å². The van der Waals surface area contributed by atoms with Crippen molar-refractivity contribution >= 4 is 12.4 Å². The highest BCUT2D eigenvalue weighted by molar-refractivity contribution is 5.85. The zero-order valence-corrected chi connectivity index (χ0v) is 12.8. The number of aromatic nitrogens is 2. The molecule has 1 fully saturated rings. The predicted molar refractivity (Wildman–Crippen MR) is 78.5 cm³/mol. The summed E-state index contributed by atoms with van der Waals surface area (Å²) in [4.78, 5) is 2.46. The smallest absolute Gasteiger partial charge is 0.0599 e. The van der Waals surface area contributed by atoms with Crippen molar-refractivity contribution < 1.29 is 4.74 Å². The second kappa shape index (κ2) is 7.24. The lowest BCUT2D eigenvalue weighted by molar-refractivity contribution is 0.0101. The van der Waals surface area contributed by atoms with E-state index in [1.54, 1.807) is 7.11 Å². The quantitative estimate of drug-likeness (QED) is 0.901. The average molecular weight is 289 g/mol. The number of hydrogen-bond donors (Lipinski definition) is 1. The van der Waals surface area contributed by atoms with Crippen LogP contribution in [0.25, 0.3) is 0 Å². The van der Waals surface area contributed by atoms with Crippen molar-refractivity contribution in [3.05, 3.63) is 17.5 Å². The van der Waals surface area contributed by atoms with E-state index in [1.807, 2.05) is 17.9 Å². The molecule has 0 radical (unpaired) electrons. The standard InChI is InChI=1S/C13H24N4O.ClH/c1-10-11(8-15-16(10)2)9-17-5-4-13(18-3)6-12(17)7-14;/h8,12-13H,4-7,9,14H2,1-3H3;1H. The van der Waals surface area contributed by atoms with Gasteiger partial charge in [0, 0.05) is 51.1 Å². The van der Waals surface area contributed by atoms with E-state index in [0.29, 0.717) is 18.7 Å². The molecular formula is C13H25ClN4O. The molecule has 1 aliphatic rings. The third kappa shape index (κ3) is 3.69. The first kappa shape index (κ1) is 16.4. The number of aryl methyl sites for hydroxylation is 1. The van der Waals surface area contributed by atoms with E-state index in [4.69, 9.17) is 10.5 Å². The molecule has 1 saturated heterocycles. The molecule has 1 aliphatic heterocycles. The van der Waals surface area contributed by atoms with Crippen LogP contribution in [0.2, 0.25) is 0 Å². The molecule has 0 saturated carbocycles. The van der Waals surface area contributed by atoms with E-state index in [1.165, 1.54) is 11.3 Å². The first-order valence-corrected chi connectivity index (χ1v) is 6.60. The molecule has 0 aromatic carbocycles. The van der Waals surface area contributed by atoms with Gasteiger partial charge in [0.05, 0.1) is 12.3 Å². The Labute approximate surface area is 121 Å². The Morgan fingerprint density at radius 2 is 2.26 bits per heavy atom. The Morgan fingerprint density at radius 1 is 1.53 bits per heavy atom. The largest absolute Gasteiger partial charge is 0.381 e. The summed E-state index contributed by atoms with van der Waals surface area (Å²) in [6, 6.07) is 0.420. The minimum atomic E-state index is 0. The highest BCUT2D eigenvalue weighted by Crippen LogP contribution is 2.22.